The van der Waals surface area contributed by atoms with Crippen molar-refractivity contribution in [3.05, 3.63) is 101 Å². The van der Waals surface area contributed by atoms with E-state index >= 15 is 0 Å². The van der Waals surface area contributed by atoms with E-state index < -0.39 is 0 Å². The van der Waals surface area contributed by atoms with E-state index in [1.807, 2.05) is 0 Å². The van der Waals surface area contributed by atoms with Crippen LogP contribution in [-0.2, 0) is 16.7 Å². The Bertz CT molecular complexity index is 1160. The zero-order valence-corrected chi connectivity index (χ0v) is 18.3. The molecule has 0 spiro atoms. The second-order valence-electron chi connectivity index (χ2n) is 9.74. The molecule has 0 aromatic heterocycles. The quantitative estimate of drug-likeness (QED) is 0.524. The third-order valence-electron chi connectivity index (χ3n) is 7.51. The first-order valence-corrected chi connectivity index (χ1v) is 11.4. The van der Waals surface area contributed by atoms with Crippen LogP contribution in [0.1, 0.15) is 42.5 Å². The summed E-state index contributed by atoms with van der Waals surface area (Å²) in [7, 11) is 0. The van der Waals surface area contributed by atoms with Gasteiger partial charge in [0.1, 0.15) is 0 Å². The van der Waals surface area contributed by atoms with E-state index in [0.717, 1.165) is 26.2 Å². The van der Waals surface area contributed by atoms with E-state index in [0.29, 0.717) is 12.1 Å². The van der Waals surface area contributed by atoms with Crippen LogP contribution in [0.4, 0.5) is 0 Å². The Labute approximate surface area is 185 Å². The van der Waals surface area contributed by atoms with Gasteiger partial charge in [0.05, 0.1) is 19.3 Å². The van der Waals surface area contributed by atoms with Crippen LogP contribution < -0.4 is 0 Å². The molecule has 2 atom stereocenters. The van der Waals surface area contributed by atoms with Crippen LogP contribution in [0.5, 0.6) is 0 Å². The van der Waals surface area contributed by atoms with Gasteiger partial charge in [-0.05, 0) is 51.4 Å². The molecular formula is C29H29NO. The minimum absolute atomic E-state index is 0.0511. The number of nitrogens with zero attached hydrogens (tertiary/aromatic N) is 1. The van der Waals surface area contributed by atoms with E-state index in [2.05, 4.69) is 97.6 Å². The first-order valence-electron chi connectivity index (χ1n) is 11.4. The number of hydrogen-bond acceptors (Lipinski definition) is 2. The Morgan fingerprint density at radius 3 is 2.48 bits per heavy atom. The Balaban J connectivity index is 1.34. The van der Waals surface area contributed by atoms with Crippen molar-refractivity contribution >= 4 is 5.57 Å². The van der Waals surface area contributed by atoms with Gasteiger partial charge in [0.15, 0.2) is 0 Å². The molecule has 1 aliphatic carbocycles. The Morgan fingerprint density at radius 2 is 1.65 bits per heavy atom. The fourth-order valence-electron chi connectivity index (χ4n) is 5.82. The molecule has 3 aromatic rings. The molecule has 31 heavy (non-hydrogen) atoms. The van der Waals surface area contributed by atoms with Crippen molar-refractivity contribution in [2.24, 2.45) is 0 Å². The van der Waals surface area contributed by atoms with Crippen molar-refractivity contribution in [1.29, 1.82) is 0 Å². The normalized spacial score (nSPS) is 23.7. The number of hydrogen-bond donors (Lipinski definition) is 0. The number of ether oxygens (including phenoxy) is 1. The maximum Gasteiger partial charge on any atom is 0.0658 e. The lowest BCUT2D eigenvalue weighted by atomic mass is 9.80. The summed E-state index contributed by atoms with van der Waals surface area (Å²) >= 11 is 0. The molecular weight excluding hydrogens is 378 g/mol. The third-order valence-corrected chi connectivity index (χ3v) is 7.51. The summed E-state index contributed by atoms with van der Waals surface area (Å²) in [5.74, 6) is 0. The Morgan fingerprint density at radius 1 is 0.871 bits per heavy atom. The second-order valence-corrected chi connectivity index (χ2v) is 9.74. The average Bonchev–Trinajstić information content (AvgIpc) is 3.01. The highest BCUT2D eigenvalue weighted by atomic mass is 16.5. The van der Waals surface area contributed by atoms with Crippen LogP contribution in [0.25, 0.3) is 16.7 Å². The molecule has 2 heteroatoms. The van der Waals surface area contributed by atoms with Crippen LogP contribution >= 0.6 is 0 Å². The van der Waals surface area contributed by atoms with Crippen molar-refractivity contribution in [2.75, 3.05) is 13.2 Å². The van der Waals surface area contributed by atoms with Crippen LogP contribution in [0, 0.1) is 0 Å². The lowest BCUT2D eigenvalue weighted by Crippen LogP contribution is -2.53. The molecule has 2 heterocycles. The van der Waals surface area contributed by atoms with Crippen LogP contribution in [0.3, 0.4) is 0 Å². The zero-order chi connectivity index (χ0) is 21.0. The van der Waals surface area contributed by atoms with Gasteiger partial charge >= 0.3 is 0 Å². The van der Waals surface area contributed by atoms with Gasteiger partial charge in [0.2, 0.25) is 0 Å². The number of rotatable bonds is 3. The van der Waals surface area contributed by atoms with Gasteiger partial charge in [-0.1, -0.05) is 86.7 Å². The summed E-state index contributed by atoms with van der Waals surface area (Å²) in [6.45, 7) is 7.33. The van der Waals surface area contributed by atoms with Gasteiger partial charge in [-0.2, -0.15) is 0 Å². The lowest BCUT2D eigenvalue weighted by Gasteiger charge is -2.45. The van der Waals surface area contributed by atoms with E-state index in [1.54, 1.807) is 0 Å². The van der Waals surface area contributed by atoms with Crippen LogP contribution in [0.15, 0.2) is 78.9 Å². The molecule has 0 saturated carbocycles. The van der Waals surface area contributed by atoms with Crippen LogP contribution in [-0.4, -0.2) is 30.2 Å². The first-order chi connectivity index (χ1) is 15.1. The second kappa shape index (κ2) is 7.19. The maximum absolute atomic E-state index is 5.95. The van der Waals surface area contributed by atoms with Gasteiger partial charge < -0.3 is 4.74 Å². The topological polar surface area (TPSA) is 12.5 Å². The van der Waals surface area contributed by atoms with Gasteiger partial charge in [-0.3, -0.25) is 4.90 Å². The maximum atomic E-state index is 5.95. The van der Waals surface area contributed by atoms with Crippen molar-refractivity contribution < 1.29 is 4.74 Å². The van der Waals surface area contributed by atoms with E-state index in [9.17, 15) is 0 Å². The van der Waals surface area contributed by atoms with E-state index in [1.165, 1.54) is 39.0 Å². The molecule has 2 aliphatic heterocycles. The fourth-order valence-corrected chi connectivity index (χ4v) is 5.82. The lowest BCUT2D eigenvalue weighted by molar-refractivity contribution is -0.0402. The Kier molecular flexibility index (Phi) is 4.41. The minimum atomic E-state index is 0.0511. The largest absolute Gasteiger partial charge is 0.378 e. The summed E-state index contributed by atoms with van der Waals surface area (Å²) in [6, 6.07) is 27.7. The van der Waals surface area contributed by atoms with Crippen LogP contribution in [0.2, 0.25) is 0 Å². The summed E-state index contributed by atoms with van der Waals surface area (Å²) in [6.07, 6.45) is 3.52. The Hall–Kier alpha value is -2.68. The predicted molar refractivity (Wildman–Crippen MR) is 127 cm³/mol. The first kappa shape index (κ1) is 19.0. The minimum Gasteiger partial charge on any atom is -0.378 e. The van der Waals surface area contributed by atoms with E-state index in [-0.39, 0.29) is 5.41 Å². The highest BCUT2D eigenvalue weighted by Gasteiger charge is 2.37. The highest BCUT2D eigenvalue weighted by molar-refractivity contribution is 5.83. The van der Waals surface area contributed by atoms with Gasteiger partial charge in [-0.15, -0.1) is 0 Å². The molecule has 2 nitrogen and oxygen atoms in total. The fraction of sp³-hybridized carbons (Fsp3) is 0.310. The summed E-state index contributed by atoms with van der Waals surface area (Å²) in [4.78, 5) is 2.63. The molecule has 0 amide bonds. The predicted octanol–water partition coefficient (Wildman–Crippen LogP) is 6.05. The molecule has 156 valence electrons. The molecule has 3 aliphatic rings. The number of fused-ring (bicyclic) bond motifs is 5. The molecule has 3 aromatic carbocycles. The third kappa shape index (κ3) is 3.09. The molecule has 0 radical (unpaired) electrons. The van der Waals surface area contributed by atoms with Gasteiger partial charge in [0.25, 0.3) is 0 Å². The van der Waals surface area contributed by atoms with Crippen molar-refractivity contribution in [3.8, 4) is 11.1 Å². The summed E-state index contributed by atoms with van der Waals surface area (Å²) in [5, 5.41) is 0. The summed E-state index contributed by atoms with van der Waals surface area (Å²) < 4.78 is 5.95. The number of benzene rings is 3. The van der Waals surface area contributed by atoms with Gasteiger partial charge in [-0.25, -0.2) is 0 Å². The standard InChI is InChI=1S/C29H29NO/c1-29(2)27-11-7-6-10-25(27)26-13-12-21(16-28(26)29)22-14-23-18-31-19-24(15-22)30(23)17-20-8-4-3-5-9-20/h3-14,16,23-24H,15,17-19H2,1-2H3. The zero-order valence-electron chi connectivity index (χ0n) is 18.3. The smallest absolute Gasteiger partial charge is 0.0658 e. The van der Waals surface area contributed by atoms with Crippen molar-refractivity contribution in [1.82, 2.24) is 4.90 Å². The molecule has 2 unspecified atom stereocenters. The average molecular weight is 408 g/mol. The SMILES string of the molecule is CC1(C)c2ccccc2-c2ccc(C3=CC4COCC(C3)N4Cc3ccccc3)cc21. The molecule has 1 fully saturated rings. The van der Waals surface area contributed by atoms with E-state index in [4.69, 9.17) is 4.74 Å². The molecule has 2 bridgehead atoms. The number of morpholine rings is 1. The molecule has 6 rings (SSSR count). The van der Waals surface area contributed by atoms with Crippen molar-refractivity contribution in [2.45, 2.75) is 44.3 Å². The molecule has 0 N–H and O–H groups in total. The summed E-state index contributed by atoms with van der Waals surface area (Å²) in [5.41, 5.74) is 10.00. The van der Waals surface area contributed by atoms with Gasteiger partial charge in [0, 0.05) is 18.0 Å². The monoisotopic (exact) mass is 407 g/mol. The molecule has 1 saturated heterocycles. The highest BCUT2D eigenvalue weighted by Crippen LogP contribution is 2.49. The van der Waals surface area contributed by atoms with Crippen molar-refractivity contribution in [3.63, 3.8) is 0 Å².